The summed E-state index contributed by atoms with van der Waals surface area (Å²) in [5.74, 6) is -6.30. The van der Waals surface area contributed by atoms with E-state index in [2.05, 4.69) is 29.0 Å². The zero-order chi connectivity index (χ0) is 20.2. The fourth-order valence-corrected chi connectivity index (χ4v) is 2.31. The summed E-state index contributed by atoms with van der Waals surface area (Å²) < 4.78 is 19.5. The Morgan fingerprint density at radius 2 is 1.81 bits per heavy atom. The molecule has 3 rings (SSSR count). The van der Waals surface area contributed by atoms with Crippen molar-refractivity contribution in [1.82, 2.24) is 0 Å². The summed E-state index contributed by atoms with van der Waals surface area (Å²) >= 11 is 0. The van der Waals surface area contributed by atoms with E-state index in [1.54, 1.807) is 20.8 Å². The third-order valence-corrected chi connectivity index (χ3v) is 3.62. The maximum Gasteiger partial charge on any atom is 0.379 e. The van der Waals surface area contributed by atoms with Crippen LogP contribution in [-0.2, 0) is 39.8 Å². The maximum atomic E-state index is 11.8. The molecule has 8 nitrogen and oxygen atoms in total. The molecule has 27 heavy (non-hydrogen) atoms. The van der Waals surface area contributed by atoms with Gasteiger partial charge in [-0.05, 0) is 45.2 Å². The molecule has 1 aromatic rings. The van der Waals surface area contributed by atoms with Crippen molar-refractivity contribution in [3.63, 3.8) is 0 Å². The maximum absolute atomic E-state index is 11.8. The highest BCUT2D eigenvalue weighted by molar-refractivity contribution is 6.01. The number of aliphatic carboxylic acids is 1. The molecular weight excluding hydrogens is 356 g/mol. The molecule has 0 aromatic heterocycles. The van der Waals surface area contributed by atoms with Crippen molar-refractivity contribution >= 4 is 17.9 Å². The molecule has 1 heterocycles. The summed E-state index contributed by atoms with van der Waals surface area (Å²) in [6.45, 7) is 6.01. The van der Waals surface area contributed by atoms with Gasteiger partial charge in [0, 0.05) is 0 Å². The normalized spacial score (nSPS) is 22.7. The monoisotopic (exact) mass is 380 g/mol. The first-order chi connectivity index (χ1) is 12.6. The summed E-state index contributed by atoms with van der Waals surface area (Å²) in [7, 11) is 0. The zero-order valence-corrected chi connectivity index (χ0v) is 15.8. The number of carboxylic acids is 1. The molecule has 0 amide bonds. The molecule has 0 radical (unpaired) electrons. The fraction of sp³-hybridized carbons (Fsp3) is 0.526. The molecule has 2 aliphatic rings. The van der Waals surface area contributed by atoms with E-state index in [0.717, 1.165) is 0 Å². The Balaban J connectivity index is 0.000000304. The average molecular weight is 380 g/mol. The van der Waals surface area contributed by atoms with Gasteiger partial charge in [0.1, 0.15) is 5.60 Å². The van der Waals surface area contributed by atoms with Crippen LogP contribution >= 0.6 is 0 Å². The SMILES string of the molecule is CCOC(=O)[C@@]1(C(=O)O)OC[C@@H](C(=O)OC(C)(C)C)O1.c1ccc2c(c1)C2. The number of carbonyl (C=O) groups excluding carboxylic acids is 2. The second-order valence-corrected chi connectivity index (χ2v) is 7.04. The van der Waals surface area contributed by atoms with Gasteiger partial charge in [0.25, 0.3) is 0 Å². The zero-order valence-electron chi connectivity index (χ0n) is 15.8. The van der Waals surface area contributed by atoms with Gasteiger partial charge in [-0.25, -0.2) is 14.4 Å². The van der Waals surface area contributed by atoms with Gasteiger partial charge in [0.2, 0.25) is 0 Å². The molecule has 8 heteroatoms. The molecule has 2 atom stereocenters. The van der Waals surface area contributed by atoms with E-state index in [4.69, 9.17) is 19.3 Å². The van der Waals surface area contributed by atoms with Crippen LogP contribution in [0, 0.1) is 0 Å². The van der Waals surface area contributed by atoms with E-state index in [0.29, 0.717) is 0 Å². The van der Waals surface area contributed by atoms with E-state index in [9.17, 15) is 14.4 Å². The first-order valence-electron chi connectivity index (χ1n) is 8.61. The molecular formula is C19H24O8. The predicted molar refractivity (Wildman–Crippen MR) is 92.9 cm³/mol. The lowest BCUT2D eigenvalue weighted by Crippen LogP contribution is -2.50. The number of carbonyl (C=O) groups is 3. The van der Waals surface area contributed by atoms with E-state index in [1.165, 1.54) is 24.5 Å². The molecule has 1 N–H and O–H groups in total. The Morgan fingerprint density at radius 1 is 1.22 bits per heavy atom. The summed E-state index contributed by atoms with van der Waals surface area (Å²) in [5, 5.41) is 9.09. The lowest BCUT2D eigenvalue weighted by atomic mass is 10.2. The van der Waals surface area contributed by atoms with Crippen LogP contribution in [0.3, 0.4) is 0 Å². The van der Waals surface area contributed by atoms with Gasteiger partial charge >= 0.3 is 23.7 Å². The molecule has 1 aromatic carbocycles. The van der Waals surface area contributed by atoms with Crippen LogP contribution in [0.1, 0.15) is 38.8 Å². The van der Waals surface area contributed by atoms with Crippen LogP contribution in [0.4, 0.5) is 0 Å². The highest BCUT2D eigenvalue weighted by Crippen LogP contribution is 2.28. The minimum atomic E-state index is -2.61. The van der Waals surface area contributed by atoms with Crippen LogP contribution < -0.4 is 0 Å². The van der Waals surface area contributed by atoms with Gasteiger partial charge in [0.15, 0.2) is 6.10 Å². The van der Waals surface area contributed by atoms with Crippen molar-refractivity contribution in [3.8, 4) is 0 Å². The Bertz CT molecular complexity index is 700. The molecule has 1 saturated heterocycles. The average Bonchev–Trinajstić information content (AvgIpc) is 3.21. The highest BCUT2D eigenvalue weighted by Gasteiger charge is 2.59. The molecule has 1 fully saturated rings. The fourth-order valence-electron chi connectivity index (χ4n) is 2.31. The first-order valence-corrected chi connectivity index (χ1v) is 8.61. The van der Waals surface area contributed by atoms with Crippen LogP contribution in [-0.4, -0.2) is 53.7 Å². The number of rotatable bonds is 4. The van der Waals surface area contributed by atoms with Crippen molar-refractivity contribution in [1.29, 1.82) is 0 Å². The Kier molecular flexibility index (Phi) is 6.22. The van der Waals surface area contributed by atoms with E-state index in [1.807, 2.05) is 0 Å². The van der Waals surface area contributed by atoms with E-state index < -0.39 is 42.0 Å². The van der Waals surface area contributed by atoms with Crippen molar-refractivity contribution in [2.75, 3.05) is 13.2 Å². The van der Waals surface area contributed by atoms with Crippen molar-refractivity contribution in [2.24, 2.45) is 0 Å². The van der Waals surface area contributed by atoms with Gasteiger partial charge in [-0.3, -0.25) is 0 Å². The topological polar surface area (TPSA) is 108 Å². The third-order valence-electron chi connectivity index (χ3n) is 3.62. The molecule has 0 bridgehead atoms. The van der Waals surface area contributed by atoms with E-state index in [-0.39, 0.29) is 6.61 Å². The largest absolute Gasteiger partial charge is 0.477 e. The number of fused-ring (bicyclic) bond motifs is 1. The number of carboxylic acid groups (broad SMARTS) is 1. The third kappa shape index (κ3) is 5.27. The molecule has 148 valence electrons. The van der Waals surface area contributed by atoms with Crippen LogP contribution in [0.15, 0.2) is 24.3 Å². The van der Waals surface area contributed by atoms with Crippen LogP contribution in [0.25, 0.3) is 0 Å². The smallest absolute Gasteiger partial charge is 0.379 e. The number of esters is 2. The predicted octanol–water partition coefficient (Wildman–Crippen LogP) is 1.68. The number of hydrogen-bond acceptors (Lipinski definition) is 7. The second-order valence-electron chi connectivity index (χ2n) is 7.04. The lowest BCUT2D eigenvalue weighted by molar-refractivity contribution is -0.223. The number of hydrogen-bond donors (Lipinski definition) is 1. The quantitative estimate of drug-likeness (QED) is 0.630. The van der Waals surface area contributed by atoms with Gasteiger partial charge < -0.3 is 24.1 Å². The van der Waals surface area contributed by atoms with Gasteiger partial charge in [-0.2, -0.15) is 0 Å². The molecule has 0 saturated carbocycles. The summed E-state index contributed by atoms with van der Waals surface area (Å²) in [5.41, 5.74) is 2.30. The molecule has 0 spiro atoms. The van der Waals surface area contributed by atoms with Crippen molar-refractivity contribution in [3.05, 3.63) is 35.4 Å². The highest BCUT2D eigenvalue weighted by atomic mass is 16.8. The van der Waals surface area contributed by atoms with Gasteiger partial charge in [0.05, 0.1) is 13.2 Å². The van der Waals surface area contributed by atoms with Crippen molar-refractivity contribution in [2.45, 2.75) is 51.6 Å². The number of benzene rings is 1. The number of ether oxygens (including phenoxy) is 4. The minimum Gasteiger partial charge on any atom is -0.477 e. The standard InChI is InChI=1S/C12H18O8.C7H6/c1-5-17-10(16)12(9(14)15)18-6-7(19-12)8(13)20-11(2,3)4;1-2-4-7-5-6(7)3-1/h7H,5-6H2,1-4H3,(H,14,15);1-4H,5H2/t7-,12-;/m0./s1. The first kappa shape index (κ1) is 20.9. The second kappa shape index (κ2) is 8.06. The van der Waals surface area contributed by atoms with Gasteiger partial charge in [-0.1, -0.05) is 24.3 Å². The van der Waals surface area contributed by atoms with Crippen LogP contribution in [0.2, 0.25) is 0 Å². The summed E-state index contributed by atoms with van der Waals surface area (Å²) in [4.78, 5) is 34.6. The van der Waals surface area contributed by atoms with Crippen molar-refractivity contribution < 1.29 is 38.4 Å². The van der Waals surface area contributed by atoms with Gasteiger partial charge in [-0.15, -0.1) is 0 Å². The van der Waals surface area contributed by atoms with E-state index >= 15 is 0 Å². The molecule has 1 aliphatic heterocycles. The summed E-state index contributed by atoms with van der Waals surface area (Å²) in [6, 6.07) is 8.53. The van der Waals surface area contributed by atoms with Crippen LogP contribution in [0.5, 0.6) is 0 Å². The Labute approximate surface area is 157 Å². The summed E-state index contributed by atoms with van der Waals surface area (Å²) in [6.07, 6.45) is -0.0535. The Hall–Kier alpha value is -2.45. The Morgan fingerprint density at radius 3 is 2.26 bits per heavy atom. The minimum absolute atomic E-state index is 0.0440. The lowest BCUT2D eigenvalue weighted by Gasteiger charge is -2.23. The molecule has 0 unspecified atom stereocenters. The molecule has 1 aliphatic carbocycles.